The lowest BCUT2D eigenvalue weighted by Crippen LogP contribution is -3.08. The van der Waals surface area contributed by atoms with Crippen LogP contribution in [0.3, 0.4) is 0 Å². The first-order chi connectivity index (χ1) is 12.4. The molecule has 0 aliphatic carbocycles. The minimum atomic E-state index is -0.556. The van der Waals surface area contributed by atoms with Crippen molar-refractivity contribution in [1.29, 1.82) is 0 Å². The predicted octanol–water partition coefficient (Wildman–Crippen LogP) is 2.54. The minimum Gasteiger partial charge on any atom is -0.493 e. The number of benzene rings is 2. The van der Waals surface area contributed by atoms with E-state index in [-0.39, 0.29) is 23.2 Å². The van der Waals surface area contributed by atoms with Crippen molar-refractivity contribution >= 4 is 23.2 Å². The summed E-state index contributed by atoms with van der Waals surface area (Å²) in [6.45, 7) is 3.27. The number of nitrogens with one attached hydrogen (secondary N) is 2. The van der Waals surface area contributed by atoms with Gasteiger partial charge in [-0.15, -0.1) is 0 Å². The molecule has 5 nitrogen and oxygen atoms in total. The average Bonchev–Trinajstić information content (AvgIpc) is 2.58. The molecule has 2 N–H and O–H groups in total. The van der Waals surface area contributed by atoms with Crippen molar-refractivity contribution in [1.82, 2.24) is 0 Å². The summed E-state index contributed by atoms with van der Waals surface area (Å²) < 4.78 is 24.6. The first kappa shape index (κ1) is 20.0. The van der Waals surface area contributed by atoms with Crippen LogP contribution in [0.2, 0.25) is 5.02 Å². The zero-order valence-electron chi connectivity index (χ0n) is 15.1. The summed E-state index contributed by atoms with van der Waals surface area (Å²) in [5.74, 6) is 0.513. The van der Waals surface area contributed by atoms with E-state index in [0.717, 1.165) is 10.5 Å². The molecule has 26 heavy (non-hydrogen) atoms. The van der Waals surface area contributed by atoms with Gasteiger partial charge >= 0.3 is 0 Å². The van der Waals surface area contributed by atoms with Crippen molar-refractivity contribution in [3.05, 3.63) is 52.8 Å². The minimum absolute atomic E-state index is 0.120. The Balaban J connectivity index is 1.95. The van der Waals surface area contributed by atoms with Crippen LogP contribution in [0.15, 0.2) is 36.4 Å². The molecule has 0 bridgehead atoms. The highest BCUT2D eigenvalue weighted by Gasteiger charge is 2.14. The Bertz CT molecular complexity index is 770. The second-order valence-electron chi connectivity index (χ2n) is 5.90. The quantitative estimate of drug-likeness (QED) is 0.739. The van der Waals surface area contributed by atoms with Crippen LogP contribution in [0.5, 0.6) is 11.5 Å². The molecular weight excluding hydrogens is 359 g/mol. The zero-order valence-corrected chi connectivity index (χ0v) is 15.8. The van der Waals surface area contributed by atoms with Gasteiger partial charge < -0.3 is 19.7 Å². The standard InChI is InChI=1S/C19H22ClFN2O3/c1-4-26-17-8-5-13(9-18(17)25-3)11-23(2)12-19(24)22-16-7-6-14(20)10-15(16)21/h5-10H,4,11-12H2,1-3H3,(H,22,24)/p+1. The van der Waals surface area contributed by atoms with Gasteiger partial charge in [-0.2, -0.15) is 0 Å². The molecule has 0 spiro atoms. The Kier molecular flexibility index (Phi) is 7.24. The first-order valence-electron chi connectivity index (χ1n) is 8.28. The van der Waals surface area contributed by atoms with Crippen LogP contribution in [0.25, 0.3) is 0 Å². The Morgan fingerprint density at radius 3 is 2.65 bits per heavy atom. The Morgan fingerprint density at radius 1 is 1.23 bits per heavy atom. The maximum absolute atomic E-state index is 13.7. The van der Waals surface area contributed by atoms with E-state index in [9.17, 15) is 9.18 Å². The lowest BCUT2D eigenvalue weighted by Gasteiger charge is -2.16. The fourth-order valence-corrected chi connectivity index (χ4v) is 2.73. The number of amides is 1. The molecule has 0 heterocycles. The van der Waals surface area contributed by atoms with Crippen molar-refractivity contribution in [3.63, 3.8) is 0 Å². The average molecular weight is 382 g/mol. The highest BCUT2D eigenvalue weighted by atomic mass is 35.5. The largest absolute Gasteiger partial charge is 0.493 e. The van der Waals surface area contributed by atoms with Crippen LogP contribution in [-0.4, -0.2) is 33.2 Å². The molecule has 0 radical (unpaired) electrons. The summed E-state index contributed by atoms with van der Waals surface area (Å²) in [5, 5.41) is 2.85. The van der Waals surface area contributed by atoms with E-state index in [2.05, 4.69) is 5.32 Å². The van der Waals surface area contributed by atoms with Crippen molar-refractivity contribution in [3.8, 4) is 11.5 Å². The van der Waals surface area contributed by atoms with Gasteiger partial charge in [-0.1, -0.05) is 11.6 Å². The van der Waals surface area contributed by atoms with Gasteiger partial charge in [0, 0.05) is 10.6 Å². The Labute approximate surface area is 157 Å². The molecule has 0 aliphatic rings. The summed E-state index contributed by atoms with van der Waals surface area (Å²) in [5.41, 5.74) is 1.13. The van der Waals surface area contributed by atoms with Crippen molar-refractivity contribution in [2.75, 3.05) is 32.6 Å². The molecule has 2 rings (SSSR count). The number of anilines is 1. The lowest BCUT2D eigenvalue weighted by atomic mass is 10.2. The van der Waals surface area contributed by atoms with E-state index in [0.29, 0.717) is 24.7 Å². The fraction of sp³-hybridized carbons (Fsp3) is 0.316. The second-order valence-corrected chi connectivity index (χ2v) is 6.34. The number of carbonyl (C=O) groups excluding carboxylic acids is 1. The number of hydrogen-bond acceptors (Lipinski definition) is 3. The third-order valence-corrected chi connectivity index (χ3v) is 3.94. The molecule has 7 heteroatoms. The highest BCUT2D eigenvalue weighted by molar-refractivity contribution is 6.30. The Morgan fingerprint density at radius 2 is 2.00 bits per heavy atom. The number of quaternary nitrogens is 1. The summed E-state index contributed by atoms with van der Waals surface area (Å²) >= 11 is 5.71. The summed E-state index contributed by atoms with van der Waals surface area (Å²) in [6, 6.07) is 9.83. The van der Waals surface area contributed by atoms with E-state index in [1.807, 2.05) is 32.2 Å². The van der Waals surface area contributed by atoms with Gasteiger partial charge in [-0.3, -0.25) is 4.79 Å². The maximum Gasteiger partial charge on any atom is 0.279 e. The monoisotopic (exact) mass is 381 g/mol. The van der Waals surface area contributed by atoms with Crippen LogP contribution in [-0.2, 0) is 11.3 Å². The molecule has 1 unspecified atom stereocenters. The Hall–Kier alpha value is -2.31. The fourth-order valence-electron chi connectivity index (χ4n) is 2.57. The molecule has 140 valence electrons. The molecule has 2 aromatic carbocycles. The lowest BCUT2D eigenvalue weighted by molar-refractivity contribution is -0.885. The number of likely N-dealkylation sites (N-methyl/N-ethyl adjacent to an activating group) is 1. The molecule has 0 saturated carbocycles. The van der Waals surface area contributed by atoms with Gasteiger partial charge in [0.1, 0.15) is 12.4 Å². The SMILES string of the molecule is CCOc1ccc(C[NH+](C)CC(=O)Nc2ccc(Cl)cc2F)cc1OC. The molecular formula is C19H23ClFN2O3+. The summed E-state index contributed by atoms with van der Waals surface area (Å²) in [4.78, 5) is 13.1. The summed E-state index contributed by atoms with van der Waals surface area (Å²) in [6.07, 6.45) is 0. The number of carbonyl (C=O) groups is 1. The van der Waals surface area contributed by atoms with Gasteiger partial charge in [-0.05, 0) is 43.3 Å². The van der Waals surface area contributed by atoms with Gasteiger partial charge in [0.15, 0.2) is 18.0 Å². The first-order valence-corrected chi connectivity index (χ1v) is 8.66. The van der Waals surface area contributed by atoms with Crippen molar-refractivity contribution < 1.29 is 23.6 Å². The van der Waals surface area contributed by atoms with Crippen LogP contribution >= 0.6 is 11.6 Å². The van der Waals surface area contributed by atoms with E-state index in [1.54, 1.807) is 7.11 Å². The number of methoxy groups -OCH3 is 1. The van der Waals surface area contributed by atoms with Crippen molar-refractivity contribution in [2.24, 2.45) is 0 Å². The molecule has 0 aromatic heterocycles. The number of rotatable bonds is 8. The van der Waals surface area contributed by atoms with Crippen LogP contribution < -0.4 is 19.7 Å². The summed E-state index contributed by atoms with van der Waals surface area (Å²) in [7, 11) is 3.48. The number of halogens is 2. The molecule has 1 atom stereocenters. The molecule has 1 amide bonds. The van der Waals surface area contributed by atoms with Gasteiger partial charge in [0.05, 0.1) is 26.5 Å². The van der Waals surface area contributed by atoms with E-state index in [1.165, 1.54) is 18.2 Å². The van der Waals surface area contributed by atoms with E-state index in [4.69, 9.17) is 21.1 Å². The van der Waals surface area contributed by atoms with E-state index >= 15 is 0 Å². The van der Waals surface area contributed by atoms with Gasteiger partial charge in [0.25, 0.3) is 5.91 Å². The highest BCUT2D eigenvalue weighted by Crippen LogP contribution is 2.27. The second kappa shape index (κ2) is 9.40. The maximum atomic E-state index is 13.7. The molecule has 0 saturated heterocycles. The van der Waals surface area contributed by atoms with Crippen LogP contribution in [0, 0.1) is 5.82 Å². The van der Waals surface area contributed by atoms with Gasteiger partial charge in [-0.25, -0.2) is 4.39 Å². The van der Waals surface area contributed by atoms with Crippen LogP contribution in [0.4, 0.5) is 10.1 Å². The molecule has 0 aliphatic heterocycles. The zero-order chi connectivity index (χ0) is 19.1. The number of hydrogen-bond donors (Lipinski definition) is 2. The molecule has 0 fully saturated rings. The topological polar surface area (TPSA) is 52.0 Å². The van der Waals surface area contributed by atoms with Gasteiger partial charge in [0.2, 0.25) is 0 Å². The smallest absolute Gasteiger partial charge is 0.279 e. The number of ether oxygens (including phenoxy) is 2. The third kappa shape index (κ3) is 5.61. The molecule has 2 aromatic rings. The normalized spacial score (nSPS) is 11.7. The third-order valence-electron chi connectivity index (χ3n) is 3.70. The predicted molar refractivity (Wildman–Crippen MR) is 99.7 cm³/mol. The van der Waals surface area contributed by atoms with Crippen LogP contribution in [0.1, 0.15) is 12.5 Å². The van der Waals surface area contributed by atoms with Crippen molar-refractivity contribution in [2.45, 2.75) is 13.5 Å². The van der Waals surface area contributed by atoms with E-state index < -0.39 is 5.82 Å².